The van der Waals surface area contributed by atoms with Crippen LogP contribution < -0.4 is 0 Å². The van der Waals surface area contributed by atoms with Crippen LogP contribution >= 0.6 is 11.6 Å². The van der Waals surface area contributed by atoms with E-state index in [2.05, 4.69) is 15.1 Å². The van der Waals surface area contributed by atoms with Crippen LogP contribution in [0.1, 0.15) is 17.1 Å². The summed E-state index contributed by atoms with van der Waals surface area (Å²) in [6.45, 7) is 0. The first-order valence-electron chi connectivity index (χ1n) is 6.18. The van der Waals surface area contributed by atoms with Gasteiger partial charge in [-0.1, -0.05) is 28.9 Å². The van der Waals surface area contributed by atoms with Crippen molar-refractivity contribution in [2.75, 3.05) is 0 Å². The molecule has 0 aliphatic heterocycles. The molecule has 0 aliphatic carbocycles. The summed E-state index contributed by atoms with van der Waals surface area (Å²) in [5.74, 6) is 0.925. The van der Waals surface area contributed by atoms with Crippen molar-refractivity contribution in [2.45, 2.75) is 6.42 Å². The van der Waals surface area contributed by atoms with E-state index in [1.165, 1.54) is 6.20 Å². The molecule has 0 bridgehead atoms. The molecule has 102 valence electrons. The van der Waals surface area contributed by atoms with Gasteiger partial charge in [0, 0.05) is 23.2 Å². The molecule has 21 heavy (non-hydrogen) atoms. The van der Waals surface area contributed by atoms with Gasteiger partial charge in [0.25, 0.3) is 5.89 Å². The van der Waals surface area contributed by atoms with Crippen molar-refractivity contribution in [1.82, 2.24) is 15.1 Å². The summed E-state index contributed by atoms with van der Waals surface area (Å²) >= 11 is 5.94. The molecule has 5 nitrogen and oxygen atoms in total. The second-order valence-corrected chi connectivity index (χ2v) is 4.80. The van der Waals surface area contributed by atoms with Gasteiger partial charge in [-0.15, -0.1) is 0 Å². The molecule has 0 unspecified atom stereocenters. The van der Waals surface area contributed by atoms with Crippen LogP contribution in [0, 0.1) is 11.3 Å². The van der Waals surface area contributed by atoms with Crippen LogP contribution in [0.2, 0.25) is 5.02 Å². The zero-order valence-electron chi connectivity index (χ0n) is 10.8. The van der Waals surface area contributed by atoms with E-state index in [1.807, 2.05) is 30.3 Å². The van der Waals surface area contributed by atoms with Crippen LogP contribution in [-0.4, -0.2) is 15.1 Å². The predicted molar refractivity (Wildman–Crippen MR) is 76.5 cm³/mol. The highest BCUT2D eigenvalue weighted by Gasteiger charge is 2.10. The molecule has 0 saturated carbocycles. The van der Waals surface area contributed by atoms with E-state index < -0.39 is 0 Å². The van der Waals surface area contributed by atoms with Gasteiger partial charge in [-0.3, -0.25) is 0 Å². The Morgan fingerprint density at radius 2 is 2.14 bits per heavy atom. The fraction of sp³-hybridized carbons (Fsp3) is 0.0667. The second-order valence-electron chi connectivity index (χ2n) is 4.36. The third-order valence-corrected chi connectivity index (χ3v) is 3.08. The third kappa shape index (κ3) is 3.07. The van der Waals surface area contributed by atoms with Crippen molar-refractivity contribution < 1.29 is 4.52 Å². The lowest BCUT2D eigenvalue weighted by Crippen LogP contribution is -1.91. The van der Waals surface area contributed by atoms with Gasteiger partial charge in [0.15, 0.2) is 5.82 Å². The topological polar surface area (TPSA) is 75.6 Å². The van der Waals surface area contributed by atoms with Gasteiger partial charge in [0.2, 0.25) is 0 Å². The molecule has 0 fully saturated rings. The van der Waals surface area contributed by atoms with Crippen LogP contribution in [-0.2, 0) is 6.42 Å². The highest BCUT2D eigenvalue weighted by atomic mass is 35.5. The van der Waals surface area contributed by atoms with E-state index in [-0.39, 0.29) is 0 Å². The number of hydrogen-bond acceptors (Lipinski definition) is 5. The zero-order chi connectivity index (χ0) is 14.7. The predicted octanol–water partition coefficient (Wildman–Crippen LogP) is 3.25. The minimum atomic E-state index is 0.307. The fourth-order valence-corrected chi connectivity index (χ4v) is 2.11. The summed E-state index contributed by atoms with van der Waals surface area (Å²) < 4.78 is 5.22. The van der Waals surface area contributed by atoms with Crippen LogP contribution in [0.5, 0.6) is 0 Å². The van der Waals surface area contributed by atoms with Gasteiger partial charge in [-0.05, 0) is 29.8 Å². The summed E-state index contributed by atoms with van der Waals surface area (Å²) in [4.78, 5) is 8.22. The molecule has 2 heterocycles. The van der Waals surface area contributed by atoms with Gasteiger partial charge in [0.05, 0.1) is 0 Å². The molecular formula is C15H9ClN4O. The summed E-state index contributed by atoms with van der Waals surface area (Å²) in [7, 11) is 0. The molecule has 1 aromatic carbocycles. The lowest BCUT2D eigenvalue weighted by atomic mass is 10.1. The van der Waals surface area contributed by atoms with Crippen LogP contribution in [0.25, 0.3) is 11.5 Å². The Kier molecular flexibility index (Phi) is 3.63. The Morgan fingerprint density at radius 1 is 1.24 bits per heavy atom. The van der Waals surface area contributed by atoms with E-state index in [9.17, 15) is 0 Å². The van der Waals surface area contributed by atoms with E-state index >= 15 is 0 Å². The van der Waals surface area contributed by atoms with Crippen LogP contribution in [0.4, 0.5) is 0 Å². The van der Waals surface area contributed by atoms with Crippen molar-refractivity contribution in [2.24, 2.45) is 0 Å². The van der Waals surface area contributed by atoms with Crippen molar-refractivity contribution in [3.8, 4) is 17.5 Å². The van der Waals surface area contributed by atoms with Crippen LogP contribution in [0.3, 0.4) is 0 Å². The number of halogens is 1. The maximum Gasteiger partial charge on any atom is 0.258 e. The van der Waals surface area contributed by atoms with Crippen molar-refractivity contribution in [3.05, 3.63) is 64.7 Å². The van der Waals surface area contributed by atoms with Gasteiger partial charge >= 0.3 is 0 Å². The number of benzene rings is 1. The molecule has 0 amide bonds. The van der Waals surface area contributed by atoms with Gasteiger partial charge < -0.3 is 4.52 Å². The first-order chi connectivity index (χ1) is 10.2. The normalized spacial score (nSPS) is 10.3. The molecular weight excluding hydrogens is 288 g/mol. The Bertz CT molecular complexity index is 822. The number of pyridine rings is 1. The Hall–Kier alpha value is -2.71. The van der Waals surface area contributed by atoms with Crippen molar-refractivity contribution >= 4 is 11.6 Å². The first-order valence-corrected chi connectivity index (χ1v) is 6.56. The van der Waals surface area contributed by atoms with Crippen molar-refractivity contribution in [1.29, 1.82) is 5.26 Å². The average Bonchev–Trinajstić information content (AvgIpc) is 2.96. The number of nitriles is 1. The smallest absolute Gasteiger partial charge is 0.258 e. The quantitative estimate of drug-likeness (QED) is 0.741. The zero-order valence-corrected chi connectivity index (χ0v) is 11.6. The van der Waals surface area contributed by atoms with Gasteiger partial charge in [-0.2, -0.15) is 10.2 Å². The standard InChI is InChI=1S/C15H9ClN4O/c16-12-3-1-2-10(6-12)7-14-19-15(21-20-14)11-4-5-18-13(8-11)9-17/h1-6,8H,7H2. The third-order valence-electron chi connectivity index (χ3n) is 2.84. The second kappa shape index (κ2) is 5.73. The highest BCUT2D eigenvalue weighted by molar-refractivity contribution is 6.30. The molecule has 0 N–H and O–H groups in total. The number of nitrogens with zero attached hydrogens (tertiary/aromatic N) is 4. The summed E-state index contributed by atoms with van der Waals surface area (Å²) in [6, 6.07) is 12.8. The lowest BCUT2D eigenvalue weighted by Gasteiger charge is -1.96. The molecule has 0 aliphatic rings. The molecule has 2 aromatic heterocycles. The first kappa shape index (κ1) is 13.3. The average molecular weight is 297 g/mol. The van der Waals surface area contributed by atoms with E-state index in [4.69, 9.17) is 21.4 Å². The number of hydrogen-bond donors (Lipinski definition) is 0. The maximum atomic E-state index is 8.84. The van der Waals surface area contributed by atoms with E-state index in [1.54, 1.807) is 12.1 Å². The van der Waals surface area contributed by atoms with Gasteiger partial charge in [0.1, 0.15) is 11.8 Å². The minimum absolute atomic E-state index is 0.307. The molecule has 0 spiro atoms. The Labute approximate surface area is 125 Å². The summed E-state index contributed by atoms with van der Waals surface area (Å²) in [5, 5.41) is 13.5. The molecule has 0 saturated heterocycles. The molecule has 0 atom stereocenters. The monoisotopic (exact) mass is 296 g/mol. The molecule has 6 heteroatoms. The largest absolute Gasteiger partial charge is 0.334 e. The molecule has 3 rings (SSSR count). The highest BCUT2D eigenvalue weighted by Crippen LogP contribution is 2.19. The Morgan fingerprint density at radius 3 is 2.95 bits per heavy atom. The summed E-state index contributed by atoms with van der Waals surface area (Å²) in [6.07, 6.45) is 2.06. The fourth-order valence-electron chi connectivity index (χ4n) is 1.90. The lowest BCUT2D eigenvalue weighted by molar-refractivity contribution is 0.424. The number of rotatable bonds is 3. The van der Waals surface area contributed by atoms with Crippen molar-refractivity contribution in [3.63, 3.8) is 0 Å². The van der Waals surface area contributed by atoms with Gasteiger partial charge in [-0.25, -0.2) is 4.98 Å². The minimum Gasteiger partial charge on any atom is -0.334 e. The molecule has 0 radical (unpaired) electrons. The van der Waals surface area contributed by atoms with E-state index in [0.717, 1.165) is 5.56 Å². The SMILES string of the molecule is N#Cc1cc(-c2nc(Cc3cccc(Cl)c3)no2)ccn1. The summed E-state index contributed by atoms with van der Waals surface area (Å²) in [5.41, 5.74) is 1.98. The number of aromatic nitrogens is 3. The molecule has 3 aromatic rings. The van der Waals surface area contributed by atoms with E-state index in [0.29, 0.717) is 34.4 Å². The maximum absolute atomic E-state index is 8.84. The van der Waals surface area contributed by atoms with Crippen LogP contribution in [0.15, 0.2) is 47.1 Å². The Balaban J connectivity index is 1.85.